The lowest BCUT2D eigenvalue weighted by molar-refractivity contribution is 0.534. The van der Waals surface area contributed by atoms with Crippen LogP contribution in [0.4, 0.5) is 5.82 Å². The Morgan fingerprint density at radius 1 is 1.47 bits per heavy atom. The van der Waals surface area contributed by atoms with Gasteiger partial charge < -0.3 is 5.73 Å². The minimum Gasteiger partial charge on any atom is -0.383 e. The van der Waals surface area contributed by atoms with Crippen molar-refractivity contribution >= 4 is 5.82 Å². The van der Waals surface area contributed by atoms with Crippen LogP contribution < -0.4 is 5.73 Å². The predicted octanol–water partition coefficient (Wildman–Crippen LogP) is 1.98. The first-order valence-electron chi connectivity index (χ1n) is 5.33. The minimum absolute atomic E-state index is 0.250. The molecule has 0 aliphatic rings. The van der Waals surface area contributed by atoms with Crippen molar-refractivity contribution in [1.82, 2.24) is 14.8 Å². The Labute approximate surface area is 99.5 Å². The van der Waals surface area contributed by atoms with Crippen molar-refractivity contribution in [1.29, 1.82) is 5.26 Å². The first kappa shape index (κ1) is 11.1. The van der Waals surface area contributed by atoms with Crippen LogP contribution in [0.3, 0.4) is 0 Å². The highest BCUT2D eigenvalue weighted by Crippen LogP contribution is 2.20. The van der Waals surface area contributed by atoms with Crippen molar-refractivity contribution in [3.63, 3.8) is 0 Å². The number of nitrogens with zero attached hydrogens (tertiary/aromatic N) is 4. The van der Waals surface area contributed by atoms with Crippen molar-refractivity contribution in [3.05, 3.63) is 30.1 Å². The van der Waals surface area contributed by atoms with E-state index < -0.39 is 0 Å². The molecule has 0 bridgehead atoms. The summed E-state index contributed by atoms with van der Waals surface area (Å²) in [5, 5.41) is 13.3. The summed E-state index contributed by atoms with van der Waals surface area (Å²) in [6.07, 6.45) is 3.53. The van der Waals surface area contributed by atoms with Gasteiger partial charge in [0.15, 0.2) is 0 Å². The number of nitrogens with two attached hydrogens (primary N) is 1. The van der Waals surface area contributed by atoms with Crippen molar-refractivity contribution in [2.75, 3.05) is 5.73 Å². The molecule has 0 saturated carbocycles. The number of anilines is 1. The molecule has 0 aromatic carbocycles. The first-order chi connectivity index (χ1) is 8.11. The van der Waals surface area contributed by atoms with Crippen LogP contribution in [0.25, 0.3) is 11.3 Å². The molecule has 2 N–H and O–H groups in total. The molecule has 0 aliphatic carbocycles. The van der Waals surface area contributed by atoms with E-state index in [-0.39, 0.29) is 5.82 Å². The quantitative estimate of drug-likeness (QED) is 0.850. The van der Waals surface area contributed by atoms with E-state index in [1.165, 1.54) is 0 Å². The summed E-state index contributed by atoms with van der Waals surface area (Å²) in [4.78, 5) is 3.99. The van der Waals surface area contributed by atoms with Crippen LogP contribution in [0, 0.1) is 11.3 Å². The Morgan fingerprint density at radius 3 is 2.82 bits per heavy atom. The monoisotopic (exact) mass is 227 g/mol. The highest BCUT2D eigenvalue weighted by Gasteiger charge is 2.07. The fourth-order valence-electron chi connectivity index (χ4n) is 1.48. The van der Waals surface area contributed by atoms with Gasteiger partial charge in [0.25, 0.3) is 0 Å². The molecule has 2 aromatic rings. The van der Waals surface area contributed by atoms with Gasteiger partial charge in [-0.05, 0) is 26.0 Å². The molecule has 0 radical (unpaired) electrons. The van der Waals surface area contributed by atoms with E-state index in [4.69, 9.17) is 11.0 Å². The Balaban J connectivity index is 2.43. The van der Waals surface area contributed by atoms with Gasteiger partial charge in [-0.3, -0.25) is 4.68 Å². The molecule has 0 atom stereocenters. The Bertz CT molecular complexity index is 577. The van der Waals surface area contributed by atoms with Crippen LogP contribution in [0.5, 0.6) is 0 Å². The van der Waals surface area contributed by atoms with E-state index in [2.05, 4.69) is 23.9 Å². The molecular weight excluding hydrogens is 214 g/mol. The Morgan fingerprint density at radius 2 is 2.24 bits per heavy atom. The summed E-state index contributed by atoms with van der Waals surface area (Å²) in [7, 11) is 0. The number of nitrogen functional groups attached to an aromatic ring is 1. The Kier molecular flexibility index (Phi) is 2.79. The molecule has 2 aromatic heterocycles. The molecule has 0 saturated heterocycles. The van der Waals surface area contributed by atoms with Crippen LogP contribution in [0.2, 0.25) is 0 Å². The Hall–Kier alpha value is -2.35. The predicted molar refractivity (Wildman–Crippen MR) is 65.0 cm³/mol. The number of aromatic nitrogens is 3. The van der Waals surface area contributed by atoms with Gasteiger partial charge in [0, 0.05) is 24.0 Å². The van der Waals surface area contributed by atoms with Gasteiger partial charge in [-0.25, -0.2) is 4.98 Å². The van der Waals surface area contributed by atoms with Gasteiger partial charge in [0.2, 0.25) is 0 Å². The number of hydrogen-bond acceptors (Lipinski definition) is 4. The van der Waals surface area contributed by atoms with Crippen LogP contribution in [-0.4, -0.2) is 14.8 Å². The molecule has 86 valence electrons. The van der Waals surface area contributed by atoms with Crippen LogP contribution >= 0.6 is 0 Å². The van der Waals surface area contributed by atoms with Crippen molar-refractivity contribution in [3.8, 4) is 17.3 Å². The molecule has 0 spiro atoms. The molecular formula is C12H13N5. The zero-order valence-corrected chi connectivity index (χ0v) is 9.75. The summed E-state index contributed by atoms with van der Waals surface area (Å²) in [6, 6.07) is 5.92. The first-order valence-corrected chi connectivity index (χ1v) is 5.33. The zero-order valence-electron chi connectivity index (χ0n) is 9.75. The second kappa shape index (κ2) is 4.26. The summed E-state index contributed by atoms with van der Waals surface area (Å²) < 4.78 is 1.86. The van der Waals surface area contributed by atoms with Crippen LogP contribution in [-0.2, 0) is 0 Å². The SMILES string of the molecule is CC(C)n1ccc(-c2cnc(N)c(C#N)c2)n1. The van der Waals surface area contributed by atoms with Crippen molar-refractivity contribution < 1.29 is 0 Å². The molecule has 0 amide bonds. The van der Waals surface area contributed by atoms with E-state index >= 15 is 0 Å². The molecule has 17 heavy (non-hydrogen) atoms. The van der Waals surface area contributed by atoms with Gasteiger partial charge in [0.05, 0.1) is 11.3 Å². The van der Waals surface area contributed by atoms with Gasteiger partial charge in [-0.15, -0.1) is 0 Å². The second-order valence-electron chi connectivity index (χ2n) is 4.04. The van der Waals surface area contributed by atoms with Crippen LogP contribution in [0.15, 0.2) is 24.5 Å². The van der Waals surface area contributed by atoms with E-state index in [1.807, 2.05) is 23.0 Å². The summed E-state index contributed by atoms with van der Waals surface area (Å²) in [6.45, 7) is 4.11. The largest absolute Gasteiger partial charge is 0.383 e. The van der Waals surface area contributed by atoms with E-state index in [0.29, 0.717) is 11.6 Å². The molecule has 5 nitrogen and oxygen atoms in total. The van der Waals surface area contributed by atoms with Gasteiger partial charge >= 0.3 is 0 Å². The zero-order chi connectivity index (χ0) is 12.4. The third-order valence-electron chi connectivity index (χ3n) is 2.47. The number of rotatable bonds is 2. The number of pyridine rings is 1. The summed E-state index contributed by atoms with van der Waals surface area (Å²) in [5.74, 6) is 0.250. The van der Waals surface area contributed by atoms with E-state index in [0.717, 1.165) is 11.3 Å². The molecule has 2 heterocycles. The molecule has 0 aliphatic heterocycles. The molecule has 0 unspecified atom stereocenters. The number of nitriles is 1. The maximum absolute atomic E-state index is 8.89. The summed E-state index contributed by atoms with van der Waals surface area (Å²) in [5.41, 5.74) is 7.54. The molecule has 0 fully saturated rings. The highest BCUT2D eigenvalue weighted by atomic mass is 15.3. The second-order valence-corrected chi connectivity index (χ2v) is 4.04. The number of hydrogen-bond donors (Lipinski definition) is 1. The van der Waals surface area contributed by atoms with Crippen molar-refractivity contribution in [2.45, 2.75) is 19.9 Å². The topological polar surface area (TPSA) is 80.5 Å². The lowest BCUT2D eigenvalue weighted by Crippen LogP contribution is -2.01. The van der Waals surface area contributed by atoms with Crippen molar-refractivity contribution in [2.24, 2.45) is 0 Å². The fourth-order valence-corrected chi connectivity index (χ4v) is 1.48. The maximum atomic E-state index is 8.89. The van der Waals surface area contributed by atoms with E-state index in [1.54, 1.807) is 12.3 Å². The average Bonchev–Trinajstić information content (AvgIpc) is 2.79. The summed E-state index contributed by atoms with van der Waals surface area (Å²) >= 11 is 0. The molecule has 2 rings (SSSR count). The third-order valence-corrected chi connectivity index (χ3v) is 2.47. The average molecular weight is 227 g/mol. The minimum atomic E-state index is 0.250. The smallest absolute Gasteiger partial charge is 0.141 e. The lowest BCUT2D eigenvalue weighted by Gasteiger charge is -2.04. The third kappa shape index (κ3) is 2.11. The standard InChI is InChI=1S/C12H13N5/c1-8(2)17-4-3-11(16-17)10-5-9(6-13)12(14)15-7-10/h3-5,7-8H,1-2H3,(H2,14,15). The van der Waals surface area contributed by atoms with Crippen LogP contribution in [0.1, 0.15) is 25.5 Å². The lowest BCUT2D eigenvalue weighted by atomic mass is 10.1. The normalized spacial score (nSPS) is 10.5. The fraction of sp³-hybridized carbons (Fsp3) is 0.250. The van der Waals surface area contributed by atoms with Gasteiger partial charge in [-0.2, -0.15) is 10.4 Å². The maximum Gasteiger partial charge on any atom is 0.141 e. The van der Waals surface area contributed by atoms with E-state index in [9.17, 15) is 0 Å². The van der Waals surface area contributed by atoms with Gasteiger partial charge in [0.1, 0.15) is 11.9 Å². The molecule has 5 heteroatoms. The highest BCUT2D eigenvalue weighted by molar-refractivity contribution is 5.63. The van der Waals surface area contributed by atoms with Gasteiger partial charge in [-0.1, -0.05) is 0 Å².